The molecule has 0 spiro atoms. The zero-order valence-electron chi connectivity index (χ0n) is 23.9. The first kappa shape index (κ1) is 31.1. The quantitative estimate of drug-likeness (QED) is 0.0750. The number of anilines is 2. The van der Waals surface area contributed by atoms with Gasteiger partial charge in [-0.15, -0.1) is 0 Å². The van der Waals surface area contributed by atoms with Crippen molar-refractivity contribution in [1.82, 2.24) is 0 Å². The highest BCUT2D eigenvalue weighted by Crippen LogP contribution is 2.23. The standard InChI is InChI=1S/C35H33ClN2O5/c1-3-33(39)38(28-14-9-13-27(36)24-28)21-10-22-43-29-19-17-25(18-20-29)23-32(35(41)42-2)37-31-16-8-7-15-30(31)34(40)26-11-5-4-6-12-26/h3-9,11-20,24,32,37H,1,10,21-23H2,2H3/t32-/m0/s1. The number of esters is 1. The van der Waals surface area contributed by atoms with Crippen LogP contribution in [0, 0.1) is 0 Å². The number of carbonyl (C=O) groups excluding carboxylic acids is 3. The molecule has 1 amide bonds. The van der Waals surface area contributed by atoms with Gasteiger partial charge in [0.25, 0.3) is 0 Å². The van der Waals surface area contributed by atoms with Crippen molar-refractivity contribution >= 4 is 40.6 Å². The number of ether oxygens (including phenoxy) is 2. The van der Waals surface area contributed by atoms with E-state index in [-0.39, 0.29) is 11.7 Å². The van der Waals surface area contributed by atoms with Gasteiger partial charge >= 0.3 is 5.97 Å². The maximum Gasteiger partial charge on any atom is 0.328 e. The lowest BCUT2D eigenvalue weighted by Crippen LogP contribution is -2.33. The van der Waals surface area contributed by atoms with Gasteiger partial charge < -0.3 is 19.7 Å². The van der Waals surface area contributed by atoms with Crippen LogP contribution in [0.3, 0.4) is 0 Å². The highest BCUT2D eigenvalue weighted by molar-refractivity contribution is 6.31. The summed E-state index contributed by atoms with van der Waals surface area (Å²) in [6.07, 6.45) is 2.19. The van der Waals surface area contributed by atoms with Crippen molar-refractivity contribution < 1.29 is 23.9 Å². The predicted octanol–water partition coefficient (Wildman–Crippen LogP) is 6.76. The lowest BCUT2D eigenvalue weighted by atomic mass is 10.00. The van der Waals surface area contributed by atoms with Crippen LogP contribution in [0.1, 0.15) is 27.9 Å². The van der Waals surface area contributed by atoms with Gasteiger partial charge in [-0.1, -0.05) is 78.8 Å². The summed E-state index contributed by atoms with van der Waals surface area (Å²) in [6.45, 7) is 4.42. The molecule has 8 heteroatoms. The minimum absolute atomic E-state index is 0.140. The Morgan fingerprint density at radius 2 is 1.65 bits per heavy atom. The molecule has 0 radical (unpaired) electrons. The number of rotatable bonds is 14. The van der Waals surface area contributed by atoms with E-state index in [4.69, 9.17) is 21.1 Å². The van der Waals surface area contributed by atoms with Gasteiger partial charge in [0.15, 0.2) is 5.78 Å². The van der Waals surface area contributed by atoms with E-state index < -0.39 is 12.0 Å². The van der Waals surface area contributed by atoms with Crippen molar-refractivity contribution in [3.05, 3.63) is 137 Å². The number of nitrogens with one attached hydrogen (secondary N) is 1. The van der Waals surface area contributed by atoms with Crippen molar-refractivity contribution in [2.75, 3.05) is 30.5 Å². The van der Waals surface area contributed by atoms with E-state index in [9.17, 15) is 14.4 Å². The fraction of sp³-hybridized carbons (Fsp3) is 0.171. The van der Waals surface area contributed by atoms with Gasteiger partial charge in [-0.25, -0.2) is 4.79 Å². The first-order chi connectivity index (χ1) is 20.9. The van der Waals surface area contributed by atoms with Crippen LogP contribution in [-0.2, 0) is 20.7 Å². The Bertz CT molecular complexity index is 1560. The predicted molar refractivity (Wildman–Crippen MR) is 170 cm³/mol. The van der Waals surface area contributed by atoms with E-state index in [2.05, 4.69) is 11.9 Å². The Morgan fingerprint density at radius 3 is 2.35 bits per heavy atom. The number of carbonyl (C=O) groups is 3. The number of halogens is 1. The second kappa shape index (κ2) is 15.4. The molecule has 0 bridgehead atoms. The monoisotopic (exact) mass is 596 g/mol. The molecule has 0 unspecified atom stereocenters. The molecule has 4 aromatic rings. The van der Waals surface area contributed by atoms with Gasteiger partial charge in [-0.2, -0.15) is 0 Å². The molecule has 0 aliphatic heterocycles. The van der Waals surface area contributed by atoms with Gasteiger partial charge in [0, 0.05) is 40.5 Å². The molecule has 0 aliphatic rings. The molecule has 1 atom stereocenters. The number of amides is 1. The molecule has 0 saturated carbocycles. The molecule has 0 aromatic heterocycles. The molecule has 0 saturated heterocycles. The highest BCUT2D eigenvalue weighted by atomic mass is 35.5. The minimum atomic E-state index is -0.721. The smallest absolute Gasteiger partial charge is 0.328 e. The highest BCUT2D eigenvalue weighted by Gasteiger charge is 2.22. The second-order valence-electron chi connectivity index (χ2n) is 9.68. The van der Waals surface area contributed by atoms with Gasteiger partial charge in [0.2, 0.25) is 5.91 Å². The lowest BCUT2D eigenvalue weighted by Gasteiger charge is -2.21. The van der Waals surface area contributed by atoms with Crippen molar-refractivity contribution in [3.8, 4) is 5.75 Å². The topological polar surface area (TPSA) is 84.9 Å². The van der Waals surface area contributed by atoms with Crippen LogP contribution in [-0.4, -0.2) is 44.0 Å². The molecular weight excluding hydrogens is 564 g/mol. The summed E-state index contributed by atoms with van der Waals surface area (Å²) < 4.78 is 11.0. The van der Waals surface area contributed by atoms with Crippen LogP contribution < -0.4 is 15.0 Å². The van der Waals surface area contributed by atoms with Crippen LogP contribution in [0.2, 0.25) is 5.02 Å². The van der Waals surface area contributed by atoms with E-state index in [0.29, 0.717) is 59.3 Å². The zero-order chi connectivity index (χ0) is 30.6. The molecule has 0 aliphatic carbocycles. The van der Waals surface area contributed by atoms with Crippen LogP contribution in [0.25, 0.3) is 0 Å². The Morgan fingerprint density at radius 1 is 0.930 bits per heavy atom. The van der Waals surface area contributed by atoms with Crippen molar-refractivity contribution in [2.45, 2.75) is 18.9 Å². The van der Waals surface area contributed by atoms with E-state index >= 15 is 0 Å². The molecule has 7 nitrogen and oxygen atoms in total. The zero-order valence-corrected chi connectivity index (χ0v) is 24.6. The van der Waals surface area contributed by atoms with Crippen LogP contribution in [0.5, 0.6) is 5.75 Å². The third-order valence-corrected chi connectivity index (χ3v) is 6.98. The SMILES string of the molecule is C=CC(=O)N(CCCOc1ccc(C[C@H](Nc2ccccc2C(=O)c2ccccc2)C(=O)OC)cc1)c1cccc(Cl)c1. The first-order valence-electron chi connectivity index (χ1n) is 13.8. The minimum Gasteiger partial charge on any atom is -0.494 e. The Labute approximate surface area is 256 Å². The number of hydrogen-bond donors (Lipinski definition) is 1. The molecule has 0 heterocycles. The third kappa shape index (κ3) is 8.56. The average Bonchev–Trinajstić information content (AvgIpc) is 3.04. The van der Waals surface area contributed by atoms with Gasteiger partial charge in [-0.3, -0.25) is 9.59 Å². The van der Waals surface area contributed by atoms with Crippen LogP contribution >= 0.6 is 11.6 Å². The summed E-state index contributed by atoms with van der Waals surface area (Å²) in [5, 5.41) is 3.77. The Kier molecular flexibility index (Phi) is 11.1. The number of nitrogens with zero attached hydrogens (tertiary/aromatic N) is 1. The molecular formula is C35H33ClN2O5. The average molecular weight is 597 g/mol. The van der Waals surface area contributed by atoms with Gasteiger partial charge in [0.05, 0.1) is 13.7 Å². The maximum atomic E-state index is 13.2. The largest absolute Gasteiger partial charge is 0.494 e. The molecule has 1 N–H and O–H groups in total. The second-order valence-corrected chi connectivity index (χ2v) is 10.1. The van der Waals surface area contributed by atoms with Crippen molar-refractivity contribution in [1.29, 1.82) is 0 Å². The number of benzene rings is 4. The third-order valence-electron chi connectivity index (χ3n) is 6.74. The van der Waals surface area contributed by atoms with Crippen LogP contribution in [0.15, 0.2) is 116 Å². The fourth-order valence-electron chi connectivity index (χ4n) is 4.57. The maximum absolute atomic E-state index is 13.2. The first-order valence-corrected chi connectivity index (χ1v) is 14.2. The summed E-state index contributed by atoms with van der Waals surface area (Å²) in [5.74, 6) is -0.138. The van der Waals surface area contributed by atoms with Crippen molar-refractivity contribution in [2.24, 2.45) is 0 Å². The molecule has 4 rings (SSSR count). The van der Waals surface area contributed by atoms with E-state index in [0.717, 1.165) is 5.56 Å². The number of hydrogen-bond acceptors (Lipinski definition) is 6. The number of para-hydroxylation sites is 1. The summed E-state index contributed by atoms with van der Waals surface area (Å²) >= 11 is 6.10. The molecule has 0 fully saturated rings. The molecule has 4 aromatic carbocycles. The van der Waals surface area contributed by atoms with Gasteiger partial charge in [-0.05, 0) is 60.5 Å². The summed E-state index contributed by atoms with van der Waals surface area (Å²) in [6, 6.07) is 29.9. The van der Waals surface area contributed by atoms with E-state index in [1.54, 1.807) is 53.4 Å². The normalized spacial score (nSPS) is 11.2. The lowest BCUT2D eigenvalue weighted by molar-refractivity contribution is -0.141. The number of ketones is 1. The number of methoxy groups -OCH3 is 1. The van der Waals surface area contributed by atoms with Crippen molar-refractivity contribution in [3.63, 3.8) is 0 Å². The van der Waals surface area contributed by atoms with E-state index in [1.165, 1.54) is 13.2 Å². The van der Waals surface area contributed by atoms with Gasteiger partial charge in [0.1, 0.15) is 11.8 Å². The summed E-state index contributed by atoms with van der Waals surface area (Å²) in [4.78, 5) is 39.9. The fourth-order valence-corrected chi connectivity index (χ4v) is 4.75. The van der Waals surface area contributed by atoms with Crippen LogP contribution in [0.4, 0.5) is 11.4 Å². The summed E-state index contributed by atoms with van der Waals surface area (Å²) in [7, 11) is 1.34. The Hall–Kier alpha value is -4.88. The molecule has 43 heavy (non-hydrogen) atoms. The van der Waals surface area contributed by atoms with E-state index in [1.807, 2.05) is 54.6 Å². The molecule has 220 valence electrons. The summed E-state index contributed by atoms with van der Waals surface area (Å²) in [5.41, 5.74) is 3.16. The Balaban J connectivity index is 1.37.